The Morgan fingerprint density at radius 3 is 2.52 bits per heavy atom. The van der Waals surface area contributed by atoms with E-state index in [9.17, 15) is 4.79 Å². The van der Waals surface area contributed by atoms with E-state index < -0.39 is 11.7 Å². The van der Waals surface area contributed by atoms with Crippen LogP contribution in [0.3, 0.4) is 0 Å². The Labute approximate surface area is 154 Å². The molecule has 0 bridgehead atoms. The number of benzene rings is 1. The third-order valence-electron chi connectivity index (χ3n) is 3.61. The van der Waals surface area contributed by atoms with Gasteiger partial charge < -0.3 is 15.4 Å². The number of carbonyl (C=O) groups excluding carboxylic acids is 1. The average molecular weight is 365 g/mol. The first kappa shape index (κ1) is 19.4. The van der Waals surface area contributed by atoms with Crippen LogP contribution in [0.25, 0.3) is 0 Å². The number of rotatable bonds is 4. The van der Waals surface area contributed by atoms with Crippen LogP contribution < -0.4 is 11.1 Å². The van der Waals surface area contributed by atoms with Gasteiger partial charge in [-0.25, -0.2) is 4.79 Å². The van der Waals surface area contributed by atoms with Gasteiger partial charge >= 0.3 is 6.09 Å². The van der Waals surface area contributed by atoms with Gasteiger partial charge in [-0.1, -0.05) is 12.1 Å². The Morgan fingerprint density at radius 2 is 1.92 bits per heavy atom. The molecule has 25 heavy (non-hydrogen) atoms. The van der Waals surface area contributed by atoms with E-state index >= 15 is 0 Å². The molecule has 1 aliphatic rings. The van der Waals surface area contributed by atoms with Crippen molar-refractivity contribution < 1.29 is 9.53 Å². The van der Waals surface area contributed by atoms with Gasteiger partial charge in [0, 0.05) is 36.8 Å². The summed E-state index contributed by atoms with van der Waals surface area (Å²) >= 11 is 1.95. The van der Waals surface area contributed by atoms with E-state index in [2.05, 4.69) is 15.2 Å². The van der Waals surface area contributed by atoms with Crippen molar-refractivity contribution in [2.75, 3.05) is 36.5 Å². The highest BCUT2D eigenvalue weighted by molar-refractivity contribution is 7.99. The lowest BCUT2D eigenvalue weighted by molar-refractivity contribution is 0.0636. The molecule has 7 heteroatoms. The molecule has 1 saturated heterocycles. The van der Waals surface area contributed by atoms with E-state index in [-0.39, 0.29) is 0 Å². The Morgan fingerprint density at radius 1 is 1.28 bits per heavy atom. The first-order valence-electron chi connectivity index (χ1n) is 8.55. The maximum absolute atomic E-state index is 11.7. The molecule has 1 amide bonds. The van der Waals surface area contributed by atoms with Crippen LogP contribution in [0.2, 0.25) is 0 Å². The number of hydrogen-bond acceptors (Lipinski definition) is 4. The van der Waals surface area contributed by atoms with Crippen molar-refractivity contribution in [3.8, 4) is 0 Å². The number of nitrogens with one attached hydrogen (secondary N) is 1. The van der Waals surface area contributed by atoms with E-state index in [0.717, 1.165) is 36.6 Å². The smallest absolute Gasteiger partial charge is 0.412 e. The molecule has 1 aliphatic heterocycles. The number of guanidine groups is 1. The summed E-state index contributed by atoms with van der Waals surface area (Å²) < 4.78 is 5.23. The van der Waals surface area contributed by atoms with E-state index in [1.54, 1.807) is 0 Å². The van der Waals surface area contributed by atoms with Crippen molar-refractivity contribution >= 4 is 29.5 Å². The number of aliphatic imine (C=N–C) groups is 1. The molecule has 0 aliphatic carbocycles. The molecule has 0 aromatic heterocycles. The summed E-state index contributed by atoms with van der Waals surface area (Å²) in [4.78, 5) is 18.4. The van der Waals surface area contributed by atoms with Crippen molar-refractivity contribution in [3.05, 3.63) is 29.8 Å². The van der Waals surface area contributed by atoms with E-state index in [0.29, 0.717) is 18.2 Å². The Bertz CT molecular complexity index is 590. The van der Waals surface area contributed by atoms with Gasteiger partial charge in [0.1, 0.15) is 5.60 Å². The van der Waals surface area contributed by atoms with Gasteiger partial charge in [0.05, 0.1) is 0 Å². The monoisotopic (exact) mass is 364 g/mol. The van der Waals surface area contributed by atoms with E-state index in [4.69, 9.17) is 10.5 Å². The normalized spacial score (nSPS) is 15.8. The lowest BCUT2D eigenvalue weighted by Crippen LogP contribution is -2.42. The third kappa shape index (κ3) is 7.25. The second-order valence-corrected chi connectivity index (χ2v) is 8.14. The molecule has 0 unspecified atom stereocenters. The van der Waals surface area contributed by atoms with Gasteiger partial charge in [-0.3, -0.25) is 10.3 Å². The number of carbonyl (C=O) groups is 1. The second-order valence-electron chi connectivity index (χ2n) is 6.91. The highest BCUT2D eigenvalue weighted by atomic mass is 32.2. The molecular weight excluding hydrogens is 336 g/mol. The summed E-state index contributed by atoms with van der Waals surface area (Å²) in [7, 11) is 0. The van der Waals surface area contributed by atoms with Crippen LogP contribution in [0.1, 0.15) is 26.3 Å². The number of nitrogens with zero attached hydrogens (tertiary/aromatic N) is 2. The summed E-state index contributed by atoms with van der Waals surface area (Å²) in [6.07, 6.45) is 0.369. The lowest BCUT2D eigenvalue weighted by Gasteiger charge is -2.27. The highest BCUT2D eigenvalue weighted by Gasteiger charge is 2.16. The summed E-state index contributed by atoms with van der Waals surface area (Å²) in [6.45, 7) is 8.13. The largest absolute Gasteiger partial charge is 0.444 e. The highest BCUT2D eigenvalue weighted by Crippen LogP contribution is 2.13. The summed E-state index contributed by atoms with van der Waals surface area (Å²) in [5, 5.41) is 2.73. The van der Waals surface area contributed by atoms with Gasteiger partial charge in [0.25, 0.3) is 0 Å². The molecule has 3 N–H and O–H groups in total. The minimum atomic E-state index is -0.505. The predicted octanol–water partition coefficient (Wildman–Crippen LogP) is 2.94. The van der Waals surface area contributed by atoms with Gasteiger partial charge in [-0.15, -0.1) is 0 Å². The van der Waals surface area contributed by atoms with Crippen molar-refractivity contribution in [1.29, 1.82) is 0 Å². The maximum atomic E-state index is 11.7. The number of hydrogen-bond donors (Lipinski definition) is 2. The fourth-order valence-corrected chi connectivity index (χ4v) is 3.27. The zero-order chi connectivity index (χ0) is 18.3. The quantitative estimate of drug-likeness (QED) is 0.634. The van der Waals surface area contributed by atoms with Crippen LogP contribution in [0.4, 0.5) is 10.5 Å². The number of amides is 1. The molecule has 1 aromatic carbocycles. The molecule has 0 saturated carbocycles. The number of nitrogens with two attached hydrogens (primary N) is 1. The molecule has 0 atom stereocenters. The lowest BCUT2D eigenvalue weighted by atomic mass is 10.1. The maximum Gasteiger partial charge on any atom is 0.412 e. The summed E-state index contributed by atoms with van der Waals surface area (Å²) in [5.74, 6) is 2.87. The zero-order valence-electron chi connectivity index (χ0n) is 15.2. The van der Waals surface area contributed by atoms with Crippen LogP contribution >= 0.6 is 11.8 Å². The molecule has 1 heterocycles. The first-order valence-corrected chi connectivity index (χ1v) is 9.70. The number of anilines is 1. The van der Waals surface area contributed by atoms with Crippen LogP contribution in [-0.4, -0.2) is 53.7 Å². The number of thioether (sulfide) groups is 1. The Kier molecular flexibility index (Phi) is 6.99. The Hall–Kier alpha value is -1.89. The SMILES string of the molecule is CC(C)(C)OC(=O)Nc1ccc(CCN=C(N)N2CCSCC2)cc1. The minimum Gasteiger partial charge on any atom is -0.444 e. The van der Waals surface area contributed by atoms with Crippen molar-refractivity contribution in [2.24, 2.45) is 10.7 Å². The minimum absolute atomic E-state index is 0.447. The predicted molar refractivity (Wildman–Crippen MR) is 105 cm³/mol. The van der Waals surface area contributed by atoms with Crippen molar-refractivity contribution in [3.63, 3.8) is 0 Å². The second kappa shape index (κ2) is 8.99. The summed E-state index contributed by atoms with van der Waals surface area (Å²) in [5.41, 5.74) is 7.41. The molecule has 0 radical (unpaired) electrons. The molecule has 2 rings (SSSR count). The fourth-order valence-electron chi connectivity index (χ4n) is 2.37. The van der Waals surface area contributed by atoms with Crippen LogP contribution in [-0.2, 0) is 11.2 Å². The van der Waals surface area contributed by atoms with Crippen LogP contribution in [0.15, 0.2) is 29.3 Å². The zero-order valence-corrected chi connectivity index (χ0v) is 16.1. The molecule has 6 nitrogen and oxygen atoms in total. The topological polar surface area (TPSA) is 79.9 Å². The van der Waals surface area contributed by atoms with Gasteiger partial charge in [-0.2, -0.15) is 11.8 Å². The average Bonchev–Trinajstić information content (AvgIpc) is 2.55. The van der Waals surface area contributed by atoms with Crippen molar-refractivity contribution in [1.82, 2.24) is 4.90 Å². The number of ether oxygens (including phenoxy) is 1. The molecular formula is C18H28N4O2S. The van der Waals surface area contributed by atoms with Crippen LogP contribution in [0, 0.1) is 0 Å². The molecule has 0 spiro atoms. The van der Waals surface area contributed by atoms with Gasteiger partial charge in [-0.05, 0) is 44.9 Å². The fraction of sp³-hybridized carbons (Fsp3) is 0.556. The van der Waals surface area contributed by atoms with E-state index in [1.165, 1.54) is 0 Å². The molecule has 1 aromatic rings. The first-order chi connectivity index (χ1) is 11.8. The molecule has 1 fully saturated rings. The van der Waals surface area contributed by atoms with Gasteiger partial charge in [0.15, 0.2) is 5.96 Å². The standard InChI is InChI=1S/C18H28N4O2S/c1-18(2,3)24-17(23)21-15-6-4-14(5-7-15)8-9-20-16(19)22-10-12-25-13-11-22/h4-7H,8-13H2,1-3H3,(H2,19,20)(H,21,23). The van der Waals surface area contributed by atoms with Gasteiger partial charge in [0.2, 0.25) is 0 Å². The third-order valence-corrected chi connectivity index (χ3v) is 4.55. The Balaban J connectivity index is 1.79. The summed E-state index contributed by atoms with van der Waals surface area (Å²) in [6, 6.07) is 7.70. The van der Waals surface area contributed by atoms with E-state index in [1.807, 2.05) is 56.8 Å². The van der Waals surface area contributed by atoms with Crippen molar-refractivity contribution in [2.45, 2.75) is 32.8 Å². The molecule has 138 valence electrons. The van der Waals surface area contributed by atoms with Crippen LogP contribution in [0.5, 0.6) is 0 Å².